The highest BCUT2D eigenvalue weighted by molar-refractivity contribution is 8.00. The number of thiazole rings is 1. The average Bonchev–Trinajstić information content (AvgIpc) is 2.92. The Morgan fingerprint density at radius 1 is 1.45 bits per heavy atom. The van der Waals surface area contributed by atoms with Crippen molar-refractivity contribution in [3.8, 4) is 0 Å². The lowest BCUT2D eigenvalue weighted by molar-refractivity contribution is -0.139. The number of esters is 1. The Morgan fingerprint density at radius 2 is 2.27 bits per heavy atom. The molecule has 1 aromatic carbocycles. The van der Waals surface area contributed by atoms with E-state index < -0.39 is 0 Å². The number of nitrogens with one attached hydrogen (secondary N) is 1. The zero-order chi connectivity index (χ0) is 15.9. The van der Waals surface area contributed by atoms with Gasteiger partial charge in [0, 0.05) is 15.3 Å². The number of methoxy groups -OCH3 is 1. The monoisotopic (exact) mass is 356 g/mol. The summed E-state index contributed by atoms with van der Waals surface area (Å²) in [5, 5.41) is 5.52. The minimum absolute atomic E-state index is 0.0974. The van der Waals surface area contributed by atoms with Gasteiger partial charge in [-0.1, -0.05) is 17.7 Å². The average molecular weight is 357 g/mol. The molecule has 0 spiro atoms. The van der Waals surface area contributed by atoms with Crippen LogP contribution in [-0.4, -0.2) is 29.7 Å². The standard InChI is InChI=1S/C14H13ClN2O3S2/c1-20-13(19)6-10-7-22-14(16-10)17-12(18)8-21-11-4-2-3-9(15)5-11/h2-5,7H,6,8H2,1H3,(H,16,17,18). The summed E-state index contributed by atoms with van der Waals surface area (Å²) in [6.45, 7) is 0. The van der Waals surface area contributed by atoms with Crippen LogP contribution in [0.4, 0.5) is 5.13 Å². The quantitative estimate of drug-likeness (QED) is 0.635. The number of hydrogen-bond acceptors (Lipinski definition) is 6. The lowest BCUT2D eigenvalue weighted by Crippen LogP contribution is -2.14. The molecule has 1 aromatic heterocycles. The summed E-state index contributed by atoms with van der Waals surface area (Å²) in [4.78, 5) is 28.1. The van der Waals surface area contributed by atoms with Crippen LogP contribution >= 0.6 is 34.7 Å². The normalized spacial score (nSPS) is 10.3. The predicted molar refractivity (Wildman–Crippen MR) is 88.6 cm³/mol. The molecule has 0 unspecified atom stereocenters. The lowest BCUT2D eigenvalue weighted by atomic mass is 10.3. The van der Waals surface area contributed by atoms with Gasteiger partial charge in [0.25, 0.3) is 0 Å². The van der Waals surface area contributed by atoms with Gasteiger partial charge >= 0.3 is 5.97 Å². The fraction of sp³-hybridized carbons (Fsp3) is 0.214. The van der Waals surface area contributed by atoms with Crippen LogP contribution in [0.5, 0.6) is 0 Å². The van der Waals surface area contributed by atoms with Gasteiger partial charge in [0.2, 0.25) is 5.91 Å². The van der Waals surface area contributed by atoms with Crippen molar-refractivity contribution < 1.29 is 14.3 Å². The fourth-order valence-electron chi connectivity index (χ4n) is 1.53. The van der Waals surface area contributed by atoms with Gasteiger partial charge in [0.15, 0.2) is 5.13 Å². The number of amides is 1. The maximum absolute atomic E-state index is 11.9. The van der Waals surface area contributed by atoms with Gasteiger partial charge in [-0.05, 0) is 18.2 Å². The highest BCUT2D eigenvalue weighted by atomic mass is 35.5. The molecule has 2 rings (SSSR count). The third kappa shape index (κ3) is 5.32. The van der Waals surface area contributed by atoms with E-state index in [2.05, 4.69) is 15.0 Å². The van der Waals surface area contributed by atoms with Gasteiger partial charge in [-0.15, -0.1) is 23.1 Å². The maximum atomic E-state index is 11.9. The predicted octanol–water partition coefficient (Wildman–Crippen LogP) is 3.24. The number of benzene rings is 1. The number of nitrogens with zero attached hydrogens (tertiary/aromatic N) is 1. The molecule has 5 nitrogen and oxygen atoms in total. The third-order valence-electron chi connectivity index (χ3n) is 2.52. The van der Waals surface area contributed by atoms with Crippen LogP contribution in [0.2, 0.25) is 5.02 Å². The summed E-state index contributed by atoms with van der Waals surface area (Å²) in [5.74, 6) is -0.268. The second-order valence-electron chi connectivity index (χ2n) is 4.19. The van der Waals surface area contributed by atoms with E-state index in [4.69, 9.17) is 11.6 Å². The van der Waals surface area contributed by atoms with E-state index in [1.54, 1.807) is 17.5 Å². The molecule has 0 aliphatic heterocycles. The first-order chi connectivity index (χ1) is 10.6. The van der Waals surface area contributed by atoms with Crippen LogP contribution in [-0.2, 0) is 20.7 Å². The summed E-state index contributed by atoms with van der Waals surface area (Å²) >= 11 is 8.55. The first kappa shape index (κ1) is 16.8. The molecule has 1 heterocycles. The van der Waals surface area contributed by atoms with Crippen molar-refractivity contribution in [3.63, 3.8) is 0 Å². The Labute approximate surface area is 141 Å². The Bertz CT molecular complexity index is 676. The van der Waals surface area contributed by atoms with Crippen molar-refractivity contribution in [1.29, 1.82) is 0 Å². The summed E-state index contributed by atoms with van der Waals surface area (Å²) in [6.07, 6.45) is 0.0974. The molecule has 1 amide bonds. The van der Waals surface area contributed by atoms with Crippen LogP contribution in [0.15, 0.2) is 34.5 Å². The van der Waals surface area contributed by atoms with Crippen LogP contribution in [0.3, 0.4) is 0 Å². The summed E-state index contributed by atoms with van der Waals surface area (Å²) < 4.78 is 4.57. The van der Waals surface area contributed by atoms with Gasteiger partial charge in [0.1, 0.15) is 0 Å². The van der Waals surface area contributed by atoms with Crippen LogP contribution in [0.25, 0.3) is 0 Å². The third-order valence-corrected chi connectivity index (χ3v) is 4.55. The summed E-state index contributed by atoms with van der Waals surface area (Å²) in [7, 11) is 1.32. The number of carbonyl (C=O) groups excluding carboxylic acids is 2. The molecule has 1 N–H and O–H groups in total. The summed E-state index contributed by atoms with van der Waals surface area (Å²) in [6, 6.07) is 7.31. The second kappa shape index (κ2) is 8.17. The van der Waals surface area contributed by atoms with Crippen molar-refractivity contribution in [2.24, 2.45) is 0 Å². The number of rotatable bonds is 6. The molecule has 0 radical (unpaired) electrons. The van der Waals surface area contributed by atoms with Crippen LogP contribution < -0.4 is 5.32 Å². The SMILES string of the molecule is COC(=O)Cc1csc(NC(=O)CSc2cccc(Cl)c2)n1. The molecule has 22 heavy (non-hydrogen) atoms. The molecule has 2 aromatic rings. The van der Waals surface area contributed by atoms with Crippen LogP contribution in [0, 0.1) is 0 Å². The van der Waals surface area contributed by atoms with Gasteiger partial charge in [-0.2, -0.15) is 0 Å². The zero-order valence-electron chi connectivity index (χ0n) is 11.7. The maximum Gasteiger partial charge on any atom is 0.311 e. The molecule has 0 bridgehead atoms. The highest BCUT2D eigenvalue weighted by Gasteiger charge is 2.10. The largest absolute Gasteiger partial charge is 0.469 e. The number of hydrogen-bond donors (Lipinski definition) is 1. The van der Waals surface area contributed by atoms with Crippen molar-refractivity contribution in [2.45, 2.75) is 11.3 Å². The zero-order valence-corrected chi connectivity index (χ0v) is 14.1. The molecule has 0 aliphatic carbocycles. The van der Waals surface area contributed by atoms with E-state index in [0.29, 0.717) is 15.8 Å². The van der Waals surface area contributed by atoms with E-state index in [9.17, 15) is 9.59 Å². The lowest BCUT2D eigenvalue weighted by Gasteiger charge is -2.02. The second-order valence-corrected chi connectivity index (χ2v) is 6.53. The number of aromatic nitrogens is 1. The first-order valence-corrected chi connectivity index (χ1v) is 8.50. The molecule has 0 atom stereocenters. The van der Waals surface area contributed by atoms with E-state index in [1.807, 2.05) is 12.1 Å². The van der Waals surface area contributed by atoms with Crippen molar-refractivity contribution in [2.75, 3.05) is 18.2 Å². The minimum atomic E-state index is -0.361. The van der Waals surface area contributed by atoms with Gasteiger partial charge in [-0.3, -0.25) is 9.59 Å². The molecule has 116 valence electrons. The number of carbonyl (C=O) groups is 2. The molecule has 8 heteroatoms. The molecular weight excluding hydrogens is 344 g/mol. The van der Waals surface area contributed by atoms with E-state index >= 15 is 0 Å². The molecule has 0 aliphatic rings. The number of ether oxygens (including phenoxy) is 1. The smallest absolute Gasteiger partial charge is 0.311 e. The molecule has 0 saturated heterocycles. The van der Waals surface area contributed by atoms with Gasteiger partial charge < -0.3 is 10.1 Å². The highest BCUT2D eigenvalue weighted by Crippen LogP contribution is 2.22. The van der Waals surface area contributed by atoms with E-state index in [0.717, 1.165) is 4.90 Å². The summed E-state index contributed by atoms with van der Waals surface area (Å²) in [5.41, 5.74) is 0.578. The van der Waals surface area contributed by atoms with Gasteiger partial charge in [-0.25, -0.2) is 4.98 Å². The molecular formula is C14H13ClN2O3S2. The van der Waals surface area contributed by atoms with E-state index in [1.165, 1.54) is 30.2 Å². The molecule has 0 saturated carbocycles. The van der Waals surface area contributed by atoms with Crippen LogP contribution in [0.1, 0.15) is 5.69 Å². The van der Waals surface area contributed by atoms with Crippen molar-refractivity contribution >= 4 is 51.7 Å². The van der Waals surface area contributed by atoms with Crippen molar-refractivity contribution in [3.05, 3.63) is 40.4 Å². The van der Waals surface area contributed by atoms with Crippen molar-refractivity contribution in [1.82, 2.24) is 4.98 Å². The number of thioether (sulfide) groups is 1. The number of halogens is 1. The Hall–Kier alpha value is -1.57. The Balaban J connectivity index is 1.83. The fourth-order valence-corrected chi connectivity index (χ4v) is 3.26. The Kier molecular flexibility index (Phi) is 6.23. The topological polar surface area (TPSA) is 68.3 Å². The minimum Gasteiger partial charge on any atom is -0.469 e. The molecule has 0 fully saturated rings. The Morgan fingerprint density at radius 3 is 3.00 bits per heavy atom. The number of anilines is 1. The van der Waals surface area contributed by atoms with E-state index in [-0.39, 0.29) is 24.1 Å². The first-order valence-electron chi connectivity index (χ1n) is 6.26. The van der Waals surface area contributed by atoms with Gasteiger partial charge in [0.05, 0.1) is 25.0 Å².